The highest BCUT2D eigenvalue weighted by atomic mass is 16.8. The lowest BCUT2D eigenvalue weighted by Crippen LogP contribution is -2.66. The Morgan fingerprint density at radius 2 is 1.00 bits per heavy atom. The minimum atomic E-state index is -1.78. The van der Waals surface area contributed by atoms with Crippen LogP contribution in [0.5, 0.6) is 0 Å². The van der Waals surface area contributed by atoms with Gasteiger partial charge in [-0.1, -0.05) is 0 Å². The third-order valence-corrected chi connectivity index (χ3v) is 6.27. The number of rotatable bonds is 7. The number of hydrogen-bond acceptors (Lipinski definition) is 15. The Kier molecular flexibility index (Phi) is 9.57. The van der Waals surface area contributed by atoms with Crippen LogP contribution in [0, 0.1) is 0 Å². The van der Waals surface area contributed by atoms with Crippen molar-refractivity contribution in [1.29, 1.82) is 0 Å². The predicted molar refractivity (Wildman–Crippen MR) is 105 cm³/mol. The number of hydrogen-bond donors (Lipinski definition) is 9. The molecule has 15 heteroatoms. The molecule has 3 aliphatic rings. The Morgan fingerprint density at radius 1 is 0.559 bits per heavy atom. The van der Waals surface area contributed by atoms with Gasteiger partial charge in [-0.15, -0.1) is 0 Å². The Labute approximate surface area is 194 Å². The van der Waals surface area contributed by atoms with Crippen molar-refractivity contribution in [2.75, 3.05) is 20.3 Å². The van der Waals surface area contributed by atoms with Crippen LogP contribution in [0.15, 0.2) is 0 Å². The summed E-state index contributed by atoms with van der Waals surface area (Å²) < 4.78 is 32.9. The van der Waals surface area contributed by atoms with Gasteiger partial charge >= 0.3 is 0 Å². The maximum atomic E-state index is 10.7. The predicted octanol–water partition coefficient (Wildman–Crippen LogP) is -5.89. The van der Waals surface area contributed by atoms with Crippen molar-refractivity contribution in [3.63, 3.8) is 0 Å². The zero-order valence-corrected chi connectivity index (χ0v) is 18.5. The molecule has 3 heterocycles. The minimum Gasteiger partial charge on any atom is -0.394 e. The highest BCUT2D eigenvalue weighted by molar-refractivity contribution is 4.95. The molecule has 0 unspecified atom stereocenters. The summed E-state index contributed by atoms with van der Waals surface area (Å²) in [7, 11) is 1.25. The highest BCUT2D eigenvalue weighted by Crippen LogP contribution is 2.33. The first-order valence-electron chi connectivity index (χ1n) is 10.8. The number of aliphatic hydroxyl groups excluding tert-OH is 9. The van der Waals surface area contributed by atoms with Crippen LogP contribution in [-0.4, -0.2) is 158 Å². The van der Waals surface area contributed by atoms with Crippen molar-refractivity contribution >= 4 is 0 Å². The van der Waals surface area contributed by atoms with Crippen molar-refractivity contribution in [2.45, 2.75) is 99.0 Å². The molecule has 0 spiro atoms. The highest BCUT2D eigenvalue weighted by Gasteiger charge is 2.53. The van der Waals surface area contributed by atoms with Crippen LogP contribution >= 0.6 is 0 Å². The van der Waals surface area contributed by atoms with Crippen molar-refractivity contribution in [2.24, 2.45) is 0 Å². The van der Waals surface area contributed by atoms with Crippen molar-refractivity contribution < 1.29 is 74.4 Å². The largest absolute Gasteiger partial charge is 0.394 e. The number of methoxy groups -OCH3 is 1. The van der Waals surface area contributed by atoms with E-state index in [9.17, 15) is 46.0 Å². The first kappa shape index (κ1) is 28.0. The van der Waals surface area contributed by atoms with Gasteiger partial charge in [-0.2, -0.15) is 0 Å². The van der Waals surface area contributed by atoms with Crippen LogP contribution in [0.25, 0.3) is 0 Å². The number of ether oxygens (including phenoxy) is 6. The molecule has 0 amide bonds. The molecule has 15 nitrogen and oxygen atoms in total. The van der Waals surface area contributed by atoms with Crippen LogP contribution in [0.1, 0.15) is 6.92 Å². The molecule has 3 fully saturated rings. The molecule has 9 N–H and O–H groups in total. The molecule has 0 aromatic heterocycles. The smallest absolute Gasteiger partial charge is 0.187 e. The molecule has 0 radical (unpaired) electrons. The molecule has 0 bridgehead atoms. The van der Waals surface area contributed by atoms with E-state index in [0.717, 1.165) is 0 Å². The zero-order valence-electron chi connectivity index (χ0n) is 18.5. The van der Waals surface area contributed by atoms with Crippen LogP contribution in [0.4, 0.5) is 0 Å². The fourth-order valence-corrected chi connectivity index (χ4v) is 4.14. The molecule has 0 saturated carbocycles. The summed E-state index contributed by atoms with van der Waals surface area (Å²) >= 11 is 0. The number of aliphatic hydroxyl groups is 9. The summed E-state index contributed by atoms with van der Waals surface area (Å²) in [6.45, 7) is 0.0809. The quantitative estimate of drug-likeness (QED) is 0.157. The van der Waals surface area contributed by atoms with E-state index in [4.69, 9.17) is 28.4 Å². The van der Waals surface area contributed by atoms with Crippen molar-refractivity contribution in [3.8, 4) is 0 Å². The fourth-order valence-electron chi connectivity index (χ4n) is 4.14. The normalized spacial score (nSPS) is 52.5. The van der Waals surface area contributed by atoms with E-state index in [-0.39, 0.29) is 0 Å². The van der Waals surface area contributed by atoms with E-state index in [2.05, 4.69) is 0 Å². The Hall–Kier alpha value is -0.600. The Balaban J connectivity index is 1.84. The molecule has 3 saturated heterocycles. The van der Waals surface area contributed by atoms with E-state index in [0.29, 0.717) is 0 Å². The second-order valence-electron chi connectivity index (χ2n) is 8.53. The minimum absolute atomic E-state index is 0.704. The topological polar surface area (TPSA) is 237 Å². The monoisotopic (exact) mass is 502 g/mol. The Bertz CT molecular complexity index is 599. The first-order valence-corrected chi connectivity index (χ1v) is 10.8. The maximum absolute atomic E-state index is 10.7. The molecule has 3 rings (SSSR count). The van der Waals surface area contributed by atoms with Crippen molar-refractivity contribution in [3.05, 3.63) is 0 Å². The van der Waals surface area contributed by atoms with E-state index >= 15 is 0 Å². The maximum Gasteiger partial charge on any atom is 0.187 e. The lowest BCUT2D eigenvalue weighted by atomic mass is 9.96. The molecule has 0 aliphatic carbocycles. The summed E-state index contributed by atoms with van der Waals surface area (Å²) in [5.74, 6) is 0. The Morgan fingerprint density at radius 3 is 1.41 bits per heavy atom. The second kappa shape index (κ2) is 11.6. The average molecular weight is 502 g/mol. The third-order valence-electron chi connectivity index (χ3n) is 6.27. The third kappa shape index (κ3) is 5.39. The molecule has 34 heavy (non-hydrogen) atoms. The zero-order chi connectivity index (χ0) is 25.3. The van der Waals surface area contributed by atoms with Gasteiger partial charge in [-0.05, 0) is 6.92 Å². The van der Waals surface area contributed by atoms with E-state index in [1.165, 1.54) is 14.0 Å². The van der Waals surface area contributed by atoms with Crippen molar-refractivity contribution in [1.82, 2.24) is 0 Å². The lowest BCUT2D eigenvalue weighted by Gasteiger charge is -2.48. The summed E-state index contributed by atoms with van der Waals surface area (Å²) in [5.41, 5.74) is 0. The molecule has 3 aliphatic heterocycles. The van der Waals surface area contributed by atoms with E-state index in [1.54, 1.807) is 0 Å². The van der Waals surface area contributed by atoms with E-state index < -0.39 is 105 Å². The second-order valence-corrected chi connectivity index (χ2v) is 8.53. The fraction of sp³-hybridized carbons (Fsp3) is 1.00. The lowest BCUT2D eigenvalue weighted by molar-refractivity contribution is -0.387. The molecule has 0 aromatic carbocycles. The van der Waals surface area contributed by atoms with Crippen LogP contribution in [0.2, 0.25) is 0 Å². The average Bonchev–Trinajstić information content (AvgIpc) is 2.83. The summed E-state index contributed by atoms with van der Waals surface area (Å²) in [5, 5.41) is 90.2. The van der Waals surface area contributed by atoms with Gasteiger partial charge in [0, 0.05) is 7.11 Å². The molecular weight excluding hydrogens is 468 g/mol. The van der Waals surface area contributed by atoms with Crippen LogP contribution in [-0.2, 0) is 28.4 Å². The van der Waals surface area contributed by atoms with E-state index in [1.807, 2.05) is 0 Å². The van der Waals surface area contributed by atoms with Gasteiger partial charge in [0.2, 0.25) is 0 Å². The van der Waals surface area contributed by atoms with Crippen LogP contribution < -0.4 is 0 Å². The van der Waals surface area contributed by atoms with Gasteiger partial charge in [-0.3, -0.25) is 0 Å². The summed E-state index contributed by atoms with van der Waals surface area (Å²) in [6.07, 6.45) is -22.5. The van der Waals surface area contributed by atoms with Gasteiger partial charge in [0.1, 0.15) is 67.1 Å². The molecule has 15 atom stereocenters. The molecule has 0 aromatic rings. The molecule has 200 valence electrons. The van der Waals surface area contributed by atoms with Gasteiger partial charge in [0.05, 0.1) is 19.3 Å². The van der Waals surface area contributed by atoms with Gasteiger partial charge in [-0.25, -0.2) is 0 Å². The first-order chi connectivity index (χ1) is 16.0. The van der Waals surface area contributed by atoms with Gasteiger partial charge in [0.25, 0.3) is 0 Å². The standard InChI is InChI=1S/C19H34O15/c1-5-8(22)15(33-17-13(27)11(25)9(23)6(3-20)31-17)16(19(29-2)30-5)34-18-14(28)12(26)10(24)7(4-21)32-18/h5-28H,3-4H2,1-2H3/t5-,6+,7-,8-,9+,10+,11+,12+,13+,14-,15-,16-,17-,18-,19+/m0/s1. The summed E-state index contributed by atoms with van der Waals surface area (Å²) in [4.78, 5) is 0. The SMILES string of the molecule is CO[C@@H]1O[C@@H](C)[C@H](O)[C@H](O[C@@H]2O[C@H](CO)[C@@H](O)[C@@H](O)[C@H]2O)[C@@H]1O[C@@H]1O[C@@H](CO)[C@@H](O)[C@@H](O)[C@@H]1O. The van der Waals surface area contributed by atoms with Gasteiger partial charge in [0.15, 0.2) is 18.9 Å². The molecular formula is C19H34O15. The van der Waals surface area contributed by atoms with Crippen LogP contribution in [0.3, 0.4) is 0 Å². The summed E-state index contributed by atoms with van der Waals surface area (Å²) in [6, 6.07) is 0. The van der Waals surface area contributed by atoms with Gasteiger partial charge < -0.3 is 74.4 Å².